The molecule has 2 heterocycles. The van der Waals surface area contributed by atoms with Crippen LogP contribution in [0.15, 0.2) is 6.20 Å². The highest BCUT2D eigenvalue weighted by atomic mass is 32.1. The first-order valence-electron chi connectivity index (χ1n) is 5.42. The monoisotopic (exact) mass is 210 g/mol. The predicted octanol–water partition coefficient (Wildman–Crippen LogP) is 2.86. The van der Waals surface area contributed by atoms with E-state index >= 15 is 0 Å². The normalized spacial score (nSPS) is 18.2. The Labute approximate surface area is 90.0 Å². The third-order valence-electron chi connectivity index (χ3n) is 2.64. The fourth-order valence-electron chi connectivity index (χ4n) is 1.82. The number of thiazole rings is 1. The van der Waals surface area contributed by atoms with Gasteiger partial charge in [-0.1, -0.05) is 13.8 Å². The van der Waals surface area contributed by atoms with Crippen molar-refractivity contribution in [1.29, 1.82) is 0 Å². The fraction of sp³-hybridized carbons (Fsp3) is 0.727. The van der Waals surface area contributed by atoms with E-state index in [-0.39, 0.29) is 0 Å². The Morgan fingerprint density at radius 1 is 1.43 bits per heavy atom. The van der Waals surface area contributed by atoms with E-state index in [9.17, 15) is 0 Å². The largest absolute Gasteiger partial charge is 0.298 e. The van der Waals surface area contributed by atoms with Crippen LogP contribution in [0, 0.1) is 0 Å². The number of rotatable bonds is 3. The molecule has 2 nitrogen and oxygen atoms in total. The van der Waals surface area contributed by atoms with Crippen LogP contribution >= 0.6 is 11.3 Å². The second kappa shape index (κ2) is 4.41. The van der Waals surface area contributed by atoms with Crippen LogP contribution < -0.4 is 0 Å². The molecule has 3 heteroatoms. The molecule has 1 aliphatic heterocycles. The van der Waals surface area contributed by atoms with Gasteiger partial charge in [0, 0.05) is 23.5 Å². The van der Waals surface area contributed by atoms with E-state index in [1.807, 2.05) is 11.3 Å². The lowest BCUT2D eigenvalue weighted by atomic mass is 10.2. The molecule has 1 aromatic rings. The molecule has 0 saturated carbocycles. The van der Waals surface area contributed by atoms with Gasteiger partial charge >= 0.3 is 0 Å². The van der Waals surface area contributed by atoms with E-state index in [1.165, 1.54) is 35.8 Å². The summed E-state index contributed by atoms with van der Waals surface area (Å²) >= 11 is 1.88. The molecule has 78 valence electrons. The SMILES string of the molecule is CC(C)c1ncc(CN2CCCC2)s1. The first-order valence-corrected chi connectivity index (χ1v) is 6.24. The van der Waals surface area contributed by atoms with Gasteiger partial charge in [0.05, 0.1) is 5.01 Å². The number of aromatic nitrogens is 1. The van der Waals surface area contributed by atoms with E-state index in [4.69, 9.17) is 0 Å². The standard InChI is InChI=1S/C11H18N2S/c1-9(2)11-12-7-10(14-11)8-13-5-3-4-6-13/h7,9H,3-6,8H2,1-2H3. The Hall–Kier alpha value is -0.410. The van der Waals surface area contributed by atoms with Crippen LogP contribution in [0.2, 0.25) is 0 Å². The molecule has 2 rings (SSSR count). The lowest BCUT2D eigenvalue weighted by molar-refractivity contribution is 0.334. The summed E-state index contributed by atoms with van der Waals surface area (Å²) in [5.74, 6) is 0.576. The van der Waals surface area contributed by atoms with Crippen molar-refractivity contribution in [3.8, 4) is 0 Å². The summed E-state index contributed by atoms with van der Waals surface area (Å²) in [6, 6.07) is 0. The highest BCUT2D eigenvalue weighted by molar-refractivity contribution is 7.11. The van der Waals surface area contributed by atoms with Crippen molar-refractivity contribution in [2.45, 2.75) is 39.2 Å². The number of nitrogens with zero attached hydrogens (tertiary/aromatic N) is 2. The zero-order valence-corrected chi connectivity index (χ0v) is 9.81. The Bertz CT molecular complexity index is 287. The highest BCUT2D eigenvalue weighted by Crippen LogP contribution is 2.23. The molecular weight excluding hydrogens is 192 g/mol. The van der Waals surface area contributed by atoms with E-state index in [0.29, 0.717) is 5.92 Å². The number of hydrogen-bond donors (Lipinski definition) is 0. The van der Waals surface area contributed by atoms with Gasteiger partial charge in [-0.15, -0.1) is 11.3 Å². The van der Waals surface area contributed by atoms with Crippen molar-refractivity contribution in [2.75, 3.05) is 13.1 Å². The zero-order valence-electron chi connectivity index (χ0n) is 8.99. The second-order valence-electron chi connectivity index (χ2n) is 4.30. The molecule has 0 atom stereocenters. The lowest BCUT2D eigenvalue weighted by Gasteiger charge is -2.11. The molecular formula is C11H18N2S. The van der Waals surface area contributed by atoms with Gasteiger partial charge < -0.3 is 0 Å². The molecule has 14 heavy (non-hydrogen) atoms. The summed E-state index contributed by atoms with van der Waals surface area (Å²) in [5.41, 5.74) is 0. The van der Waals surface area contributed by atoms with E-state index < -0.39 is 0 Å². The topological polar surface area (TPSA) is 16.1 Å². The van der Waals surface area contributed by atoms with Crippen molar-refractivity contribution in [2.24, 2.45) is 0 Å². The molecule has 0 N–H and O–H groups in total. The molecule has 0 aromatic carbocycles. The van der Waals surface area contributed by atoms with Crippen molar-refractivity contribution in [3.05, 3.63) is 16.1 Å². The van der Waals surface area contributed by atoms with Crippen LogP contribution in [0.5, 0.6) is 0 Å². The molecule has 0 bridgehead atoms. The van der Waals surface area contributed by atoms with Crippen LogP contribution in [0.25, 0.3) is 0 Å². The van der Waals surface area contributed by atoms with E-state index in [2.05, 4.69) is 29.9 Å². The van der Waals surface area contributed by atoms with Crippen LogP contribution in [0.4, 0.5) is 0 Å². The molecule has 1 aliphatic rings. The molecule has 0 spiro atoms. The third-order valence-corrected chi connectivity index (χ3v) is 3.93. The average Bonchev–Trinajstić information content (AvgIpc) is 2.75. The first-order chi connectivity index (χ1) is 6.75. The predicted molar refractivity (Wildman–Crippen MR) is 60.7 cm³/mol. The maximum Gasteiger partial charge on any atom is 0.0953 e. The smallest absolute Gasteiger partial charge is 0.0953 e. The molecule has 0 aliphatic carbocycles. The van der Waals surface area contributed by atoms with Gasteiger partial charge in [0.15, 0.2) is 0 Å². The molecule has 1 saturated heterocycles. The first kappa shape index (κ1) is 10.1. The van der Waals surface area contributed by atoms with Crippen molar-refractivity contribution in [3.63, 3.8) is 0 Å². The third kappa shape index (κ3) is 2.34. The second-order valence-corrected chi connectivity index (χ2v) is 5.45. The number of likely N-dealkylation sites (tertiary alicyclic amines) is 1. The van der Waals surface area contributed by atoms with Gasteiger partial charge in [0.2, 0.25) is 0 Å². The Balaban J connectivity index is 1.95. The van der Waals surface area contributed by atoms with Gasteiger partial charge in [0.1, 0.15) is 0 Å². The van der Waals surface area contributed by atoms with E-state index in [0.717, 1.165) is 6.54 Å². The lowest BCUT2D eigenvalue weighted by Crippen LogP contribution is -2.17. The molecule has 1 aromatic heterocycles. The quantitative estimate of drug-likeness (QED) is 0.762. The maximum absolute atomic E-state index is 4.45. The molecule has 1 fully saturated rings. The van der Waals surface area contributed by atoms with Crippen LogP contribution in [-0.4, -0.2) is 23.0 Å². The van der Waals surface area contributed by atoms with Gasteiger partial charge in [0.25, 0.3) is 0 Å². The molecule has 0 radical (unpaired) electrons. The minimum absolute atomic E-state index is 0.576. The molecule has 0 unspecified atom stereocenters. The molecule has 0 amide bonds. The summed E-state index contributed by atoms with van der Waals surface area (Å²) in [5, 5.41) is 1.28. The van der Waals surface area contributed by atoms with Crippen LogP contribution in [0.3, 0.4) is 0 Å². The van der Waals surface area contributed by atoms with Crippen LogP contribution in [0.1, 0.15) is 42.5 Å². The van der Waals surface area contributed by atoms with Crippen molar-refractivity contribution in [1.82, 2.24) is 9.88 Å². The fourth-order valence-corrected chi connectivity index (χ4v) is 2.79. The summed E-state index contributed by atoms with van der Waals surface area (Å²) in [4.78, 5) is 8.40. The number of hydrogen-bond acceptors (Lipinski definition) is 3. The van der Waals surface area contributed by atoms with Gasteiger partial charge in [-0.25, -0.2) is 4.98 Å². The van der Waals surface area contributed by atoms with Gasteiger partial charge in [-0.3, -0.25) is 4.90 Å². The Kier molecular flexibility index (Phi) is 3.19. The minimum atomic E-state index is 0.576. The minimum Gasteiger partial charge on any atom is -0.298 e. The average molecular weight is 210 g/mol. The van der Waals surface area contributed by atoms with Crippen molar-refractivity contribution < 1.29 is 0 Å². The zero-order chi connectivity index (χ0) is 9.97. The van der Waals surface area contributed by atoms with Gasteiger partial charge in [-0.05, 0) is 25.9 Å². The summed E-state index contributed by atoms with van der Waals surface area (Å²) in [6.45, 7) is 8.07. The van der Waals surface area contributed by atoms with Gasteiger partial charge in [-0.2, -0.15) is 0 Å². The van der Waals surface area contributed by atoms with Crippen molar-refractivity contribution >= 4 is 11.3 Å². The van der Waals surface area contributed by atoms with E-state index in [1.54, 1.807) is 0 Å². The summed E-state index contributed by atoms with van der Waals surface area (Å²) in [7, 11) is 0. The summed E-state index contributed by atoms with van der Waals surface area (Å²) < 4.78 is 0. The highest BCUT2D eigenvalue weighted by Gasteiger charge is 2.13. The Morgan fingerprint density at radius 2 is 2.14 bits per heavy atom. The summed E-state index contributed by atoms with van der Waals surface area (Å²) in [6.07, 6.45) is 4.80. The Morgan fingerprint density at radius 3 is 2.71 bits per heavy atom. The van der Waals surface area contributed by atoms with Crippen LogP contribution in [-0.2, 0) is 6.54 Å². The maximum atomic E-state index is 4.45.